The van der Waals surface area contributed by atoms with Gasteiger partial charge in [-0.3, -0.25) is 4.31 Å². The predicted molar refractivity (Wildman–Crippen MR) is 79.9 cm³/mol. The zero-order chi connectivity index (χ0) is 15.6. The highest BCUT2D eigenvalue weighted by Crippen LogP contribution is 2.28. The van der Waals surface area contributed by atoms with Gasteiger partial charge in [0.25, 0.3) is 10.0 Å². The highest BCUT2D eigenvalue weighted by atomic mass is 32.2. The number of anilines is 1. The highest BCUT2D eigenvalue weighted by Gasteiger charge is 2.24. The molecule has 0 radical (unpaired) electrons. The Bertz CT molecular complexity index is 749. The Balaban J connectivity index is 2.34. The Morgan fingerprint density at radius 3 is 2.29 bits per heavy atom. The van der Waals surface area contributed by atoms with Crippen molar-refractivity contribution >= 4 is 33.0 Å². The van der Waals surface area contributed by atoms with Gasteiger partial charge in [-0.15, -0.1) is 11.3 Å². The molecule has 112 valence electrons. The van der Waals surface area contributed by atoms with Crippen LogP contribution in [0.15, 0.2) is 40.6 Å². The summed E-state index contributed by atoms with van der Waals surface area (Å²) in [5, 5.41) is 8.87. The number of sulfonamides is 1. The molecule has 0 saturated heterocycles. The molecule has 0 aliphatic carbocycles. The summed E-state index contributed by atoms with van der Waals surface area (Å²) in [7, 11) is -0.840. The van der Waals surface area contributed by atoms with Crippen LogP contribution in [-0.2, 0) is 10.0 Å². The van der Waals surface area contributed by atoms with Gasteiger partial charge in [0.1, 0.15) is 14.8 Å². The van der Waals surface area contributed by atoms with Crippen molar-refractivity contribution in [3.63, 3.8) is 0 Å². The molecule has 0 bridgehead atoms. The van der Waals surface area contributed by atoms with Crippen LogP contribution in [0.5, 0.6) is 5.75 Å². The molecule has 0 unspecified atom stereocenters. The van der Waals surface area contributed by atoms with E-state index in [4.69, 9.17) is 9.84 Å². The average molecular weight is 327 g/mol. The molecule has 6 nitrogen and oxygen atoms in total. The monoisotopic (exact) mass is 327 g/mol. The summed E-state index contributed by atoms with van der Waals surface area (Å²) in [6, 6.07) is 9.10. The number of hydrogen-bond acceptors (Lipinski definition) is 5. The molecular weight excluding hydrogens is 314 g/mol. The molecule has 8 heteroatoms. The number of rotatable bonds is 5. The maximum atomic E-state index is 12.4. The fourth-order valence-corrected chi connectivity index (χ4v) is 4.15. The predicted octanol–water partition coefficient (Wildman–Crippen LogP) is 2.28. The quantitative estimate of drug-likeness (QED) is 0.911. The maximum absolute atomic E-state index is 12.4. The van der Waals surface area contributed by atoms with E-state index in [9.17, 15) is 13.2 Å². The molecule has 0 atom stereocenters. The zero-order valence-electron chi connectivity index (χ0n) is 11.3. The first kappa shape index (κ1) is 15.3. The van der Waals surface area contributed by atoms with Gasteiger partial charge in [-0.05, 0) is 36.4 Å². The number of carboxylic acid groups (broad SMARTS) is 1. The van der Waals surface area contributed by atoms with Crippen molar-refractivity contribution in [1.82, 2.24) is 0 Å². The minimum atomic E-state index is -3.78. The number of nitrogens with zero attached hydrogens (tertiary/aromatic N) is 1. The second-order valence-corrected chi connectivity index (χ2v) is 7.37. The zero-order valence-corrected chi connectivity index (χ0v) is 12.9. The lowest BCUT2D eigenvalue weighted by atomic mass is 10.3. The van der Waals surface area contributed by atoms with Gasteiger partial charge in [0, 0.05) is 7.05 Å². The number of methoxy groups -OCH3 is 1. The van der Waals surface area contributed by atoms with E-state index in [1.54, 1.807) is 24.3 Å². The molecule has 0 fully saturated rings. The lowest BCUT2D eigenvalue weighted by Gasteiger charge is -2.18. The van der Waals surface area contributed by atoms with Crippen molar-refractivity contribution in [1.29, 1.82) is 0 Å². The van der Waals surface area contributed by atoms with E-state index >= 15 is 0 Å². The van der Waals surface area contributed by atoms with Crippen LogP contribution < -0.4 is 9.04 Å². The van der Waals surface area contributed by atoms with Gasteiger partial charge in [0.15, 0.2) is 0 Å². The third-order valence-electron chi connectivity index (χ3n) is 2.84. The molecule has 0 saturated carbocycles. The Morgan fingerprint density at radius 1 is 1.19 bits per heavy atom. The normalized spacial score (nSPS) is 11.1. The van der Waals surface area contributed by atoms with Crippen molar-refractivity contribution in [2.75, 3.05) is 18.5 Å². The van der Waals surface area contributed by atoms with E-state index in [1.807, 2.05) is 0 Å². The molecule has 2 aromatic rings. The third-order valence-corrected chi connectivity index (χ3v) is 6.17. The van der Waals surface area contributed by atoms with Crippen molar-refractivity contribution in [3.8, 4) is 5.75 Å². The lowest BCUT2D eigenvalue weighted by Crippen LogP contribution is -2.25. The summed E-state index contributed by atoms with van der Waals surface area (Å²) in [6.45, 7) is 0. The number of benzene rings is 1. The van der Waals surface area contributed by atoms with Gasteiger partial charge in [-0.2, -0.15) is 0 Å². The third kappa shape index (κ3) is 3.01. The molecule has 0 amide bonds. The fraction of sp³-hybridized carbons (Fsp3) is 0.154. The van der Waals surface area contributed by atoms with Gasteiger partial charge in [0.2, 0.25) is 0 Å². The van der Waals surface area contributed by atoms with Gasteiger partial charge < -0.3 is 9.84 Å². The lowest BCUT2D eigenvalue weighted by molar-refractivity contribution is 0.0702. The van der Waals surface area contributed by atoms with Crippen LogP contribution in [0.25, 0.3) is 0 Å². The Hall–Kier alpha value is -2.06. The van der Waals surface area contributed by atoms with Gasteiger partial charge in [0.05, 0.1) is 12.8 Å². The van der Waals surface area contributed by atoms with Gasteiger partial charge in [-0.1, -0.05) is 0 Å². The minimum Gasteiger partial charge on any atom is -0.497 e. The van der Waals surface area contributed by atoms with Crippen LogP contribution in [0.3, 0.4) is 0 Å². The van der Waals surface area contributed by atoms with E-state index < -0.39 is 16.0 Å². The largest absolute Gasteiger partial charge is 0.497 e. The number of ether oxygens (including phenoxy) is 1. The minimum absolute atomic E-state index is 0.0155. The summed E-state index contributed by atoms with van der Waals surface area (Å²) in [4.78, 5) is 10.8. The number of aromatic carboxylic acids is 1. The molecule has 0 aliphatic heterocycles. The number of thiophene rings is 1. The second-order valence-electron chi connectivity index (χ2n) is 4.09. The van der Waals surface area contributed by atoms with Crippen LogP contribution in [0.1, 0.15) is 9.67 Å². The summed E-state index contributed by atoms with van der Waals surface area (Å²) < 4.78 is 31.0. The Kier molecular flexibility index (Phi) is 4.19. The van der Waals surface area contributed by atoms with Crippen LogP contribution in [0.2, 0.25) is 0 Å². The maximum Gasteiger partial charge on any atom is 0.345 e. The van der Waals surface area contributed by atoms with E-state index in [0.717, 1.165) is 15.6 Å². The summed E-state index contributed by atoms with van der Waals surface area (Å²) in [5.41, 5.74) is 0.459. The van der Waals surface area contributed by atoms with Gasteiger partial charge in [-0.25, -0.2) is 13.2 Å². The van der Waals surface area contributed by atoms with Crippen molar-refractivity contribution in [2.45, 2.75) is 4.21 Å². The first-order valence-corrected chi connectivity index (χ1v) is 8.08. The van der Waals surface area contributed by atoms with Crippen LogP contribution in [-0.4, -0.2) is 33.7 Å². The molecule has 1 heterocycles. The summed E-state index contributed by atoms with van der Waals surface area (Å²) >= 11 is 0.725. The summed E-state index contributed by atoms with van der Waals surface area (Å²) in [6.07, 6.45) is 0. The molecule has 0 spiro atoms. The van der Waals surface area contributed by atoms with E-state index in [-0.39, 0.29) is 9.09 Å². The van der Waals surface area contributed by atoms with E-state index in [2.05, 4.69) is 0 Å². The van der Waals surface area contributed by atoms with Crippen LogP contribution >= 0.6 is 11.3 Å². The highest BCUT2D eigenvalue weighted by molar-refractivity contribution is 7.94. The number of carbonyl (C=O) groups is 1. The smallest absolute Gasteiger partial charge is 0.345 e. The van der Waals surface area contributed by atoms with Crippen molar-refractivity contribution in [2.24, 2.45) is 0 Å². The van der Waals surface area contributed by atoms with E-state index in [1.165, 1.54) is 26.3 Å². The van der Waals surface area contributed by atoms with Crippen LogP contribution in [0, 0.1) is 0 Å². The molecule has 0 aliphatic rings. The molecule has 2 rings (SSSR count). The molecule has 1 aromatic carbocycles. The average Bonchev–Trinajstić information content (AvgIpc) is 2.97. The number of carboxylic acids is 1. The van der Waals surface area contributed by atoms with Crippen molar-refractivity contribution in [3.05, 3.63) is 41.3 Å². The first-order valence-electron chi connectivity index (χ1n) is 5.82. The molecular formula is C13H13NO5S2. The second kappa shape index (κ2) is 5.74. The van der Waals surface area contributed by atoms with Gasteiger partial charge >= 0.3 is 5.97 Å². The first-order chi connectivity index (χ1) is 9.86. The van der Waals surface area contributed by atoms with Crippen LogP contribution in [0.4, 0.5) is 5.69 Å². The fourth-order valence-electron chi connectivity index (χ4n) is 1.64. The molecule has 1 N–H and O–H groups in total. The SMILES string of the molecule is COc1ccc(N(C)S(=O)(=O)c2ccc(C(=O)O)s2)cc1. The van der Waals surface area contributed by atoms with Crippen molar-refractivity contribution < 1.29 is 23.1 Å². The molecule has 21 heavy (non-hydrogen) atoms. The standard InChI is InChI=1S/C13H13NO5S2/c1-14(9-3-5-10(19-2)6-4-9)21(17,18)12-8-7-11(20-12)13(15)16/h3-8H,1-2H3,(H,15,16). The Morgan fingerprint density at radius 2 is 1.81 bits per heavy atom. The topological polar surface area (TPSA) is 83.9 Å². The summed E-state index contributed by atoms with van der Waals surface area (Å²) in [5.74, 6) is -0.526. The Labute approximate surface area is 126 Å². The molecule has 1 aromatic heterocycles. The number of hydrogen-bond donors (Lipinski definition) is 1. The van der Waals surface area contributed by atoms with E-state index in [0.29, 0.717) is 11.4 Å².